The van der Waals surface area contributed by atoms with Crippen molar-refractivity contribution in [3.05, 3.63) is 60.0 Å². The second-order valence-electron chi connectivity index (χ2n) is 5.76. The number of ether oxygens (including phenoxy) is 1. The summed E-state index contributed by atoms with van der Waals surface area (Å²) in [6.07, 6.45) is 5.24. The van der Waals surface area contributed by atoms with Gasteiger partial charge in [0.2, 0.25) is 5.88 Å². The molecule has 1 aliphatic heterocycles. The molecule has 0 atom stereocenters. The van der Waals surface area contributed by atoms with Crippen LogP contribution < -0.4 is 4.74 Å². The van der Waals surface area contributed by atoms with Gasteiger partial charge in [-0.25, -0.2) is 4.98 Å². The van der Waals surface area contributed by atoms with E-state index in [9.17, 15) is 0 Å². The Hall–Kier alpha value is -3.08. The molecule has 1 aromatic carbocycles. The quantitative estimate of drug-likeness (QED) is 0.721. The number of nitrogens with zero attached hydrogens (tertiary/aromatic N) is 3. The van der Waals surface area contributed by atoms with Crippen molar-refractivity contribution in [2.75, 3.05) is 13.7 Å². The Morgan fingerprint density at radius 2 is 1.96 bits per heavy atom. The van der Waals surface area contributed by atoms with Crippen molar-refractivity contribution in [2.24, 2.45) is 4.99 Å². The lowest BCUT2D eigenvalue weighted by atomic mass is 10.1. The topological polar surface area (TPSA) is 50.9 Å². The summed E-state index contributed by atoms with van der Waals surface area (Å²) in [7, 11) is 2.04. The average Bonchev–Trinajstić information content (AvgIpc) is 3.06. The standard InChI is InChI=1S/C19H17N3O2/c1-13-11-20-12-22(2)18(13)14-3-5-15(6-4-14)24-19-16-8-10-23-17(16)7-9-21-19/h3-11H,12H2,1-2H3. The molecule has 0 radical (unpaired) electrons. The molecule has 0 spiro atoms. The smallest absolute Gasteiger partial charge is 0.230 e. The van der Waals surface area contributed by atoms with Crippen molar-refractivity contribution in [3.63, 3.8) is 0 Å². The molecule has 0 saturated heterocycles. The van der Waals surface area contributed by atoms with E-state index in [0.717, 1.165) is 27.9 Å². The van der Waals surface area contributed by atoms with Gasteiger partial charge in [0, 0.05) is 25.2 Å². The molecule has 5 heteroatoms. The molecule has 0 bridgehead atoms. The van der Waals surface area contributed by atoms with Gasteiger partial charge in [0.15, 0.2) is 0 Å². The number of fused-ring (bicyclic) bond motifs is 1. The Kier molecular flexibility index (Phi) is 3.54. The van der Waals surface area contributed by atoms with E-state index in [1.807, 2.05) is 37.5 Å². The molecule has 24 heavy (non-hydrogen) atoms. The monoisotopic (exact) mass is 319 g/mol. The van der Waals surface area contributed by atoms with Gasteiger partial charge in [0.05, 0.1) is 11.6 Å². The van der Waals surface area contributed by atoms with Crippen LogP contribution >= 0.6 is 0 Å². The van der Waals surface area contributed by atoms with Crippen LogP contribution in [0.4, 0.5) is 0 Å². The van der Waals surface area contributed by atoms with E-state index in [4.69, 9.17) is 9.15 Å². The highest BCUT2D eigenvalue weighted by Gasteiger charge is 2.14. The maximum Gasteiger partial charge on any atom is 0.230 e. The molecule has 0 aliphatic carbocycles. The zero-order chi connectivity index (χ0) is 16.5. The first-order valence-electron chi connectivity index (χ1n) is 7.75. The highest BCUT2D eigenvalue weighted by atomic mass is 16.5. The predicted octanol–water partition coefficient (Wildman–Crippen LogP) is 4.32. The third kappa shape index (κ3) is 2.54. The zero-order valence-electron chi connectivity index (χ0n) is 13.6. The van der Waals surface area contributed by atoms with E-state index >= 15 is 0 Å². The minimum atomic E-state index is 0.548. The summed E-state index contributed by atoms with van der Waals surface area (Å²) in [6, 6.07) is 11.7. The van der Waals surface area contributed by atoms with Crippen LogP contribution in [0.25, 0.3) is 16.7 Å². The van der Waals surface area contributed by atoms with Gasteiger partial charge >= 0.3 is 0 Å². The first kappa shape index (κ1) is 14.5. The highest BCUT2D eigenvalue weighted by Crippen LogP contribution is 2.30. The first-order valence-corrected chi connectivity index (χ1v) is 7.75. The van der Waals surface area contributed by atoms with E-state index in [2.05, 4.69) is 33.9 Å². The van der Waals surface area contributed by atoms with Crippen molar-refractivity contribution in [1.29, 1.82) is 0 Å². The van der Waals surface area contributed by atoms with E-state index in [-0.39, 0.29) is 0 Å². The normalized spacial score (nSPS) is 14.5. The van der Waals surface area contributed by atoms with Crippen molar-refractivity contribution < 1.29 is 9.15 Å². The molecule has 0 fully saturated rings. The highest BCUT2D eigenvalue weighted by molar-refractivity contribution is 5.91. The maximum atomic E-state index is 5.92. The van der Waals surface area contributed by atoms with Gasteiger partial charge in [0.25, 0.3) is 0 Å². The van der Waals surface area contributed by atoms with Crippen LogP contribution in [0.3, 0.4) is 0 Å². The third-order valence-corrected chi connectivity index (χ3v) is 4.02. The average molecular weight is 319 g/mol. The van der Waals surface area contributed by atoms with Crippen molar-refractivity contribution in [2.45, 2.75) is 6.92 Å². The number of rotatable bonds is 3. The molecular formula is C19H17N3O2. The zero-order valence-corrected chi connectivity index (χ0v) is 13.6. The Morgan fingerprint density at radius 1 is 1.12 bits per heavy atom. The number of allylic oxidation sites excluding steroid dienone is 1. The molecule has 0 N–H and O–H groups in total. The second-order valence-corrected chi connectivity index (χ2v) is 5.76. The Morgan fingerprint density at radius 3 is 2.75 bits per heavy atom. The number of aliphatic imine (C=N–C) groups is 1. The van der Waals surface area contributed by atoms with E-state index in [0.29, 0.717) is 12.5 Å². The van der Waals surface area contributed by atoms with Crippen LogP contribution in [-0.4, -0.2) is 29.8 Å². The van der Waals surface area contributed by atoms with Crippen LogP contribution in [0.2, 0.25) is 0 Å². The Bertz CT molecular complexity index is 939. The van der Waals surface area contributed by atoms with Gasteiger partial charge < -0.3 is 14.1 Å². The third-order valence-electron chi connectivity index (χ3n) is 4.02. The lowest BCUT2D eigenvalue weighted by molar-refractivity contribution is 0.468. The van der Waals surface area contributed by atoms with E-state index in [1.165, 1.54) is 5.70 Å². The summed E-state index contributed by atoms with van der Waals surface area (Å²) in [6.45, 7) is 2.75. The van der Waals surface area contributed by atoms with Crippen LogP contribution in [-0.2, 0) is 0 Å². The Labute approximate surface area is 139 Å². The summed E-state index contributed by atoms with van der Waals surface area (Å²) in [4.78, 5) is 10.7. The predicted molar refractivity (Wildman–Crippen MR) is 94.2 cm³/mol. The molecule has 2 aromatic heterocycles. The van der Waals surface area contributed by atoms with Gasteiger partial charge in [-0.1, -0.05) is 0 Å². The fraction of sp³-hybridized carbons (Fsp3) is 0.158. The summed E-state index contributed by atoms with van der Waals surface area (Å²) >= 11 is 0. The van der Waals surface area contributed by atoms with Crippen LogP contribution in [0.5, 0.6) is 11.6 Å². The minimum absolute atomic E-state index is 0.548. The van der Waals surface area contributed by atoms with Gasteiger partial charge in [-0.15, -0.1) is 0 Å². The Balaban J connectivity index is 1.63. The van der Waals surface area contributed by atoms with Crippen molar-refractivity contribution >= 4 is 22.9 Å². The van der Waals surface area contributed by atoms with E-state index in [1.54, 1.807) is 12.5 Å². The molecule has 0 saturated carbocycles. The fourth-order valence-electron chi connectivity index (χ4n) is 2.92. The SMILES string of the molecule is CC1=C(c2ccc(Oc3nccc4occc34)cc2)N(C)CN=C1. The van der Waals surface area contributed by atoms with Gasteiger partial charge in [-0.3, -0.25) is 4.99 Å². The lowest BCUT2D eigenvalue weighted by Gasteiger charge is -2.25. The maximum absolute atomic E-state index is 5.92. The van der Waals surface area contributed by atoms with E-state index < -0.39 is 0 Å². The number of hydrogen-bond acceptors (Lipinski definition) is 5. The molecule has 0 amide bonds. The first-order chi connectivity index (χ1) is 11.7. The summed E-state index contributed by atoms with van der Waals surface area (Å²) in [5.74, 6) is 1.29. The summed E-state index contributed by atoms with van der Waals surface area (Å²) in [5.41, 5.74) is 4.25. The van der Waals surface area contributed by atoms with Crippen LogP contribution in [0.1, 0.15) is 12.5 Å². The molecular weight excluding hydrogens is 302 g/mol. The number of aromatic nitrogens is 1. The van der Waals surface area contributed by atoms with Crippen molar-refractivity contribution in [3.8, 4) is 11.6 Å². The minimum Gasteiger partial charge on any atom is -0.464 e. The van der Waals surface area contributed by atoms with Crippen LogP contribution in [0, 0.1) is 0 Å². The largest absolute Gasteiger partial charge is 0.464 e. The van der Waals surface area contributed by atoms with Crippen LogP contribution in [0.15, 0.2) is 63.8 Å². The lowest BCUT2D eigenvalue weighted by Crippen LogP contribution is -2.21. The number of benzene rings is 1. The molecule has 3 heterocycles. The van der Waals surface area contributed by atoms with Gasteiger partial charge in [-0.05, 0) is 54.5 Å². The summed E-state index contributed by atoms with van der Waals surface area (Å²) in [5, 5.41) is 0.864. The molecule has 4 rings (SSSR count). The van der Waals surface area contributed by atoms with Crippen molar-refractivity contribution in [1.82, 2.24) is 9.88 Å². The number of hydrogen-bond donors (Lipinski definition) is 0. The summed E-state index contributed by atoms with van der Waals surface area (Å²) < 4.78 is 11.3. The number of furan rings is 1. The molecule has 120 valence electrons. The molecule has 3 aromatic rings. The molecule has 5 nitrogen and oxygen atoms in total. The fourth-order valence-corrected chi connectivity index (χ4v) is 2.92. The molecule has 1 aliphatic rings. The second kappa shape index (κ2) is 5.85. The number of pyridine rings is 1. The van der Waals surface area contributed by atoms with Gasteiger partial charge in [0.1, 0.15) is 18.0 Å². The van der Waals surface area contributed by atoms with Gasteiger partial charge in [-0.2, -0.15) is 0 Å². The molecule has 0 unspecified atom stereocenters.